The summed E-state index contributed by atoms with van der Waals surface area (Å²) in [5.41, 5.74) is 1.67. The smallest absolute Gasteiger partial charge is 0.242 e. The first-order valence-corrected chi connectivity index (χ1v) is 10.2. The zero-order chi connectivity index (χ0) is 19.5. The third-order valence-electron chi connectivity index (χ3n) is 5.82. The van der Waals surface area contributed by atoms with Gasteiger partial charge < -0.3 is 14.8 Å². The van der Waals surface area contributed by atoms with Crippen molar-refractivity contribution in [2.45, 2.75) is 26.3 Å². The van der Waals surface area contributed by atoms with Gasteiger partial charge in [-0.05, 0) is 56.1 Å². The van der Waals surface area contributed by atoms with Crippen molar-refractivity contribution in [3.8, 4) is 0 Å². The molecule has 0 unspecified atom stereocenters. The Morgan fingerprint density at radius 3 is 2.14 bits per heavy atom. The molecule has 1 aliphatic heterocycles. The molecule has 0 aliphatic carbocycles. The summed E-state index contributed by atoms with van der Waals surface area (Å²) in [5, 5.41) is 4.74. The maximum absolute atomic E-state index is 13.1. The average Bonchev–Trinajstić information content (AvgIpc) is 2.75. The van der Waals surface area contributed by atoms with Gasteiger partial charge in [0.05, 0.1) is 11.0 Å². The molecule has 0 radical (unpaired) electrons. The second-order valence-corrected chi connectivity index (χ2v) is 7.58. The van der Waals surface area contributed by atoms with E-state index in [4.69, 9.17) is 0 Å². The molecule has 1 aliphatic rings. The molecule has 2 heterocycles. The number of benzene rings is 2. The molecule has 1 fully saturated rings. The van der Waals surface area contributed by atoms with Gasteiger partial charge in [-0.3, -0.25) is 9.59 Å². The van der Waals surface area contributed by atoms with Gasteiger partial charge in [0.1, 0.15) is 6.54 Å². The van der Waals surface area contributed by atoms with E-state index in [1.807, 2.05) is 58.0 Å². The predicted octanol–water partition coefficient (Wildman–Crippen LogP) is 3.00. The number of nitrogens with zero attached hydrogens (tertiary/aromatic N) is 2. The van der Waals surface area contributed by atoms with E-state index in [9.17, 15) is 9.59 Å². The average molecular weight is 377 g/mol. The summed E-state index contributed by atoms with van der Waals surface area (Å²) in [4.78, 5) is 27.9. The monoisotopic (exact) mass is 377 g/mol. The van der Waals surface area contributed by atoms with Crippen LogP contribution in [0.4, 0.5) is 0 Å². The molecule has 3 aromatic rings. The first-order chi connectivity index (χ1) is 13.7. The lowest BCUT2D eigenvalue weighted by Gasteiger charge is -2.32. The Morgan fingerprint density at radius 2 is 1.57 bits per heavy atom. The van der Waals surface area contributed by atoms with E-state index >= 15 is 0 Å². The number of rotatable bonds is 5. The fraction of sp³-hybridized carbons (Fsp3) is 0.391. The lowest BCUT2D eigenvalue weighted by atomic mass is 9.96. The van der Waals surface area contributed by atoms with E-state index in [0.29, 0.717) is 16.7 Å². The van der Waals surface area contributed by atoms with Crippen LogP contribution in [-0.2, 0) is 11.3 Å². The largest absolute Gasteiger partial charge is 0.341 e. The second-order valence-electron chi connectivity index (χ2n) is 7.58. The van der Waals surface area contributed by atoms with Gasteiger partial charge >= 0.3 is 0 Å². The van der Waals surface area contributed by atoms with Crippen LogP contribution in [0.25, 0.3) is 21.8 Å². The van der Waals surface area contributed by atoms with Gasteiger partial charge in [0, 0.05) is 23.9 Å². The Bertz CT molecular complexity index is 989. The Morgan fingerprint density at radius 1 is 1.00 bits per heavy atom. The number of hydrogen-bond acceptors (Lipinski definition) is 3. The number of nitrogens with one attached hydrogen (secondary N) is 1. The van der Waals surface area contributed by atoms with Crippen LogP contribution < -0.4 is 10.7 Å². The minimum atomic E-state index is 0.0270. The van der Waals surface area contributed by atoms with Crippen LogP contribution in [0.1, 0.15) is 19.8 Å². The summed E-state index contributed by atoms with van der Waals surface area (Å²) in [6.45, 7) is 6.03. The number of carbonyl (C=O) groups excluding carboxylic acids is 1. The van der Waals surface area contributed by atoms with Crippen LogP contribution >= 0.6 is 0 Å². The molecule has 28 heavy (non-hydrogen) atoms. The number of fused-ring (bicyclic) bond motifs is 2. The van der Waals surface area contributed by atoms with Crippen molar-refractivity contribution in [1.82, 2.24) is 14.8 Å². The van der Waals surface area contributed by atoms with Crippen molar-refractivity contribution in [1.29, 1.82) is 0 Å². The van der Waals surface area contributed by atoms with Crippen LogP contribution in [0, 0.1) is 5.92 Å². The topological polar surface area (TPSA) is 54.3 Å². The summed E-state index contributed by atoms with van der Waals surface area (Å²) in [6.07, 6.45) is 2.09. The van der Waals surface area contributed by atoms with Gasteiger partial charge in [0.25, 0.3) is 0 Å². The van der Waals surface area contributed by atoms with Gasteiger partial charge in [-0.25, -0.2) is 0 Å². The zero-order valence-corrected chi connectivity index (χ0v) is 16.4. The van der Waals surface area contributed by atoms with E-state index < -0.39 is 0 Å². The van der Waals surface area contributed by atoms with Gasteiger partial charge in [0.2, 0.25) is 5.91 Å². The highest BCUT2D eigenvalue weighted by Gasteiger charge is 2.23. The van der Waals surface area contributed by atoms with Crippen LogP contribution in [-0.4, -0.2) is 41.6 Å². The van der Waals surface area contributed by atoms with E-state index in [2.05, 4.69) is 12.2 Å². The number of amides is 1. The quantitative estimate of drug-likeness (QED) is 0.696. The lowest BCUT2D eigenvalue weighted by Crippen LogP contribution is -2.42. The number of aromatic nitrogens is 1. The number of piperidine rings is 1. The summed E-state index contributed by atoms with van der Waals surface area (Å²) in [7, 11) is 0. The summed E-state index contributed by atoms with van der Waals surface area (Å²) in [5.74, 6) is 0.777. The Balaban J connectivity index is 1.62. The molecule has 0 saturated carbocycles. The Hall–Kier alpha value is -2.66. The Kier molecular flexibility index (Phi) is 5.44. The fourth-order valence-electron chi connectivity index (χ4n) is 4.22. The number of para-hydroxylation sites is 2. The van der Waals surface area contributed by atoms with Crippen LogP contribution in [0.2, 0.25) is 0 Å². The molecule has 1 aromatic heterocycles. The van der Waals surface area contributed by atoms with E-state index in [1.165, 1.54) is 0 Å². The van der Waals surface area contributed by atoms with E-state index in [0.717, 1.165) is 50.1 Å². The SMILES string of the molecule is CCNCC1CCN(C(=O)Cn2c3ccccc3c(=O)c3ccccc32)CC1. The fourth-order valence-corrected chi connectivity index (χ4v) is 4.22. The molecule has 2 aromatic carbocycles. The Labute approximate surface area is 165 Å². The number of pyridine rings is 1. The number of carbonyl (C=O) groups is 1. The van der Waals surface area contributed by atoms with Crippen molar-refractivity contribution in [2.24, 2.45) is 5.92 Å². The van der Waals surface area contributed by atoms with Crippen LogP contribution in [0.5, 0.6) is 0 Å². The first kappa shape index (κ1) is 18.7. The van der Waals surface area contributed by atoms with Crippen molar-refractivity contribution >= 4 is 27.7 Å². The predicted molar refractivity (Wildman–Crippen MR) is 114 cm³/mol. The molecular weight excluding hydrogens is 350 g/mol. The molecule has 1 amide bonds. The molecule has 5 heteroatoms. The molecule has 0 atom stereocenters. The van der Waals surface area contributed by atoms with Crippen molar-refractivity contribution in [3.05, 3.63) is 58.8 Å². The lowest BCUT2D eigenvalue weighted by molar-refractivity contribution is -0.133. The highest BCUT2D eigenvalue weighted by Crippen LogP contribution is 2.21. The summed E-state index contributed by atoms with van der Waals surface area (Å²) >= 11 is 0. The molecule has 0 spiro atoms. The number of hydrogen-bond donors (Lipinski definition) is 1. The van der Waals surface area contributed by atoms with E-state index in [1.54, 1.807) is 0 Å². The molecule has 146 valence electrons. The highest BCUT2D eigenvalue weighted by molar-refractivity contribution is 5.94. The third kappa shape index (κ3) is 3.54. The van der Waals surface area contributed by atoms with Crippen molar-refractivity contribution < 1.29 is 4.79 Å². The van der Waals surface area contributed by atoms with Crippen LogP contribution in [0.15, 0.2) is 53.3 Å². The maximum Gasteiger partial charge on any atom is 0.242 e. The zero-order valence-electron chi connectivity index (χ0n) is 16.4. The van der Waals surface area contributed by atoms with Crippen molar-refractivity contribution in [2.75, 3.05) is 26.2 Å². The number of likely N-dealkylation sites (tertiary alicyclic amines) is 1. The van der Waals surface area contributed by atoms with Gasteiger partial charge in [-0.2, -0.15) is 0 Å². The highest BCUT2D eigenvalue weighted by atomic mass is 16.2. The van der Waals surface area contributed by atoms with Crippen molar-refractivity contribution in [3.63, 3.8) is 0 Å². The molecular formula is C23H27N3O2. The van der Waals surface area contributed by atoms with Crippen LogP contribution in [0.3, 0.4) is 0 Å². The normalized spacial score (nSPS) is 15.4. The molecule has 1 N–H and O–H groups in total. The molecule has 1 saturated heterocycles. The van der Waals surface area contributed by atoms with Gasteiger partial charge in [-0.1, -0.05) is 31.2 Å². The second kappa shape index (κ2) is 8.15. The minimum absolute atomic E-state index is 0.0270. The first-order valence-electron chi connectivity index (χ1n) is 10.2. The minimum Gasteiger partial charge on any atom is -0.341 e. The molecule has 5 nitrogen and oxygen atoms in total. The third-order valence-corrected chi connectivity index (χ3v) is 5.82. The standard InChI is InChI=1S/C23H27N3O2/c1-2-24-15-17-11-13-25(14-12-17)22(27)16-26-20-9-5-3-7-18(20)23(28)19-8-4-6-10-21(19)26/h3-10,17,24H,2,11-16H2,1H3. The molecule has 4 rings (SSSR count). The maximum atomic E-state index is 13.1. The summed E-state index contributed by atoms with van der Waals surface area (Å²) in [6, 6.07) is 15.1. The van der Waals surface area contributed by atoms with Gasteiger partial charge in [-0.15, -0.1) is 0 Å². The molecule has 0 bridgehead atoms. The summed E-state index contributed by atoms with van der Waals surface area (Å²) < 4.78 is 2.00. The van der Waals surface area contributed by atoms with E-state index in [-0.39, 0.29) is 17.9 Å². The van der Waals surface area contributed by atoms with Gasteiger partial charge in [0.15, 0.2) is 5.43 Å².